The highest BCUT2D eigenvalue weighted by molar-refractivity contribution is 5.87. The fourth-order valence-electron chi connectivity index (χ4n) is 8.68. The van der Waals surface area contributed by atoms with Gasteiger partial charge in [0.25, 0.3) is 0 Å². The number of rotatable bonds is 2. The van der Waals surface area contributed by atoms with Crippen molar-refractivity contribution >= 4 is 16.3 Å². The van der Waals surface area contributed by atoms with Crippen LogP contribution in [0.25, 0.3) is 16.3 Å². The predicted molar refractivity (Wildman–Crippen MR) is 137 cm³/mol. The molecular weight excluding hydrogens is 455 g/mol. The van der Waals surface area contributed by atoms with Crippen molar-refractivity contribution < 1.29 is 19.3 Å². The lowest BCUT2D eigenvalue weighted by molar-refractivity contribution is -0.282. The number of fused-ring (bicyclic) bond motifs is 2. The Morgan fingerprint density at radius 3 is 2.75 bits per heavy atom. The van der Waals surface area contributed by atoms with Crippen LogP contribution in [0.5, 0.6) is 0 Å². The number of allylic oxidation sites excluding steroid dienone is 3. The number of likely N-dealkylation sites (N-methyl/N-ethyl adjacent to an activating group) is 1. The van der Waals surface area contributed by atoms with Gasteiger partial charge in [-0.15, -0.1) is 0 Å². The third kappa shape index (κ3) is 2.66. The van der Waals surface area contributed by atoms with Crippen LogP contribution < -0.4 is 0 Å². The number of aliphatic hydroxyl groups is 2. The van der Waals surface area contributed by atoms with Crippen molar-refractivity contribution in [3.05, 3.63) is 59.9 Å². The maximum atomic E-state index is 16.9. The van der Waals surface area contributed by atoms with Crippen molar-refractivity contribution in [1.29, 1.82) is 0 Å². The summed E-state index contributed by atoms with van der Waals surface area (Å²) in [5.74, 6) is 0.221. The first-order valence-corrected chi connectivity index (χ1v) is 13.3. The topological polar surface area (TPSA) is 65.8 Å². The van der Waals surface area contributed by atoms with E-state index in [0.717, 1.165) is 30.2 Å². The Kier molecular flexibility index (Phi) is 4.64. The molecule has 1 saturated carbocycles. The highest BCUT2D eigenvalue weighted by Crippen LogP contribution is 2.70. The zero-order valence-electron chi connectivity index (χ0n) is 21.2. The van der Waals surface area contributed by atoms with Crippen LogP contribution in [0, 0.1) is 11.3 Å². The number of hydrogen-bond acceptors (Lipinski definition) is 5. The van der Waals surface area contributed by atoms with Gasteiger partial charge in [0.15, 0.2) is 5.67 Å². The van der Waals surface area contributed by atoms with Crippen molar-refractivity contribution in [2.45, 2.75) is 80.6 Å². The summed E-state index contributed by atoms with van der Waals surface area (Å²) in [4.78, 5) is 6.15. The van der Waals surface area contributed by atoms with Crippen molar-refractivity contribution in [3.8, 4) is 0 Å². The highest BCUT2D eigenvalue weighted by atomic mass is 19.1. The third-order valence-corrected chi connectivity index (χ3v) is 10.6. The van der Waals surface area contributed by atoms with Crippen LogP contribution >= 0.6 is 0 Å². The number of pyridine rings is 1. The average Bonchev–Trinajstić information content (AvgIpc) is 3.40. The molecule has 3 heterocycles. The van der Waals surface area contributed by atoms with Gasteiger partial charge in [-0.05, 0) is 80.4 Å². The maximum absolute atomic E-state index is 16.9. The normalized spacial score (nSPS) is 45.2. The Bertz CT molecular complexity index is 1320. The van der Waals surface area contributed by atoms with Gasteiger partial charge in [0.05, 0.1) is 11.7 Å². The second-order valence-corrected chi connectivity index (χ2v) is 12.4. The summed E-state index contributed by atoms with van der Waals surface area (Å²) in [6.45, 7) is 2.35. The molecule has 7 rings (SSSR count). The fourth-order valence-corrected chi connectivity index (χ4v) is 8.68. The lowest BCUT2D eigenvalue weighted by Gasteiger charge is -2.61. The molecular formula is C30H35FN2O3. The van der Waals surface area contributed by atoms with Crippen LogP contribution in [0.2, 0.25) is 0 Å². The first-order valence-electron chi connectivity index (χ1n) is 13.3. The lowest BCUT2D eigenvalue weighted by atomic mass is 9.56. The molecule has 2 spiro atoms. The molecule has 36 heavy (non-hydrogen) atoms. The second kappa shape index (κ2) is 7.25. The van der Waals surface area contributed by atoms with Crippen LogP contribution in [-0.4, -0.2) is 69.3 Å². The number of nitrogens with zero attached hydrogens (tertiary/aromatic N) is 2. The van der Waals surface area contributed by atoms with Gasteiger partial charge in [0.1, 0.15) is 11.7 Å². The number of alkyl halides is 1. The predicted octanol–water partition coefficient (Wildman–Crippen LogP) is 4.43. The lowest BCUT2D eigenvalue weighted by Crippen LogP contribution is -2.73. The van der Waals surface area contributed by atoms with Crippen molar-refractivity contribution in [3.63, 3.8) is 0 Å². The Hall–Kier alpha value is -2.12. The molecule has 2 N–H and O–H groups in total. The fraction of sp³-hybridized carbons (Fsp3) is 0.567. The molecule has 2 aromatic rings. The smallest absolute Gasteiger partial charge is 0.171 e. The standard InChI is InChI=1S/C30H35FN2O3/c1-27-10-8-21-15-30(31)26(35)25(34)23(33(2)3)16-28(30)11-12-29(21,36-28)24(27)7-6-22(27)19-4-5-20-17-32-13-9-18(20)14-19/h4-6,8-9,13-14,17,23-26,34-35H,7,10-12,15-16H2,1-3H3. The molecule has 3 fully saturated rings. The Balaban J connectivity index is 1.29. The molecule has 190 valence electrons. The Labute approximate surface area is 211 Å². The summed E-state index contributed by atoms with van der Waals surface area (Å²) in [6.07, 6.45) is 9.31. The van der Waals surface area contributed by atoms with Gasteiger partial charge in [-0.25, -0.2) is 4.39 Å². The molecule has 2 aliphatic heterocycles. The molecule has 2 bridgehead atoms. The maximum Gasteiger partial charge on any atom is 0.171 e. The van der Waals surface area contributed by atoms with E-state index in [1.54, 1.807) is 0 Å². The number of ether oxygens (including phenoxy) is 1. The molecule has 1 aromatic carbocycles. The van der Waals surface area contributed by atoms with Crippen LogP contribution in [-0.2, 0) is 4.74 Å². The van der Waals surface area contributed by atoms with Crippen LogP contribution in [0.4, 0.5) is 4.39 Å². The van der Waals surface area contributed by atoms with Gasteiger partial charge in [0, 0.05) is 41.6 Å². The van der Waals surface area contributed by atoms with E-state index in [4.69, 9.17) is 4.74 Å². The van der Waals surface area contributed by atoms with E-state index in [2.05, 4.69) is 48.3 Å². The van der Waals surface area contributed by atoms with E-state index >= 15 is 4.39 Å². The highest BCUT2D eigenvalue weighted by Gasteiger charge is 2.76. The molecule has 8 atom stereocenters. The van der Waals surface area contributed by atoms with E-state index in [0.29, 0.717) is 12.8 Å². The Morgan fingerprint density at radius 2 is 1.94 bits per heavy atom. The van der Waals surface area contributed by atoms with Crippen molar-refractivity contribution in [1.82, 2.24) is 9.88 Å². The minimum absolute atomic E-state index is 0.111. The molecule has 3 aliphatic carbocycles. The molecule has 8 unspecified atom stereocenters. The van der Waals surface area contributed by atoms with Gasteiger partial charge < -0.3 is 19.8 Å². The molecule has 2 saturated heterocycles. The number of aromatic nitrogens is 1. The van der Waals surface area contributed by atoms with Gasteiger partial charge in [0.2, 0.25) is 0 Å². The van der Waals surface area contributed by atoms with Gasteiger partial charge in [-0.2, -0.15) is 0 Å². The van der Waals surface area contributed by atoms with Gasteiger partial charge in [-0.3, -0.25) is 4.98 Å². The summed E-state index contributed by atoms with van der Waals surface area (Å²) < 4.78 is 23.9. The molecule has 0 radical (unpaired) electrons. The number of hydrogen-bond donors (Lipinski definition) is 2. The Morgan fingerprint density at radius 1 is 1.11 bits per heavy atom. The molecule has 5 aliphatic rings. The van der Waals surface area contributed by atoms with Gasteiger partial charge >= 0.3 is 0 Å². The molecule has 0 amide bonds. The molecule has 5 nitrogen and oxygen atoms in total. The van der Waals surface area contributed by atoms with Crippen LogP contribution in [0.3, 0.4) is 0 Å². The zero-order valence-corrected chi connectivity index (χ0v) is 21.2. The first kappa shape index (κ1) is 23.0. The van der Waals surface area contributed by atoms with E-state index in [-0.39, 0.29) is 23.8 Å². The summed E-state index contributed by atoms with van der Waals surface area (Å²) in [7, 11) is 3.76. The number of halogens is 1. The van der Waals surface area contributed by atoms with Crippen LogP contribution in [0.15, 0.2) is 54.4 Å². The monoisotopic (exact) mass is 490 g/mol. The zero-order chi connectivity index (χ0) is 25.1. The van der Waals surface area contributed by atoms with Crippen molar-refractivity contribution in [2.75, 3.05) is 14.1 Å². The first-order chi connectivity index (χ1) is 17.1. The van der Waals surface area contributed by atoms with Crippen molar-refractivity contribution in [2.24, 2.45) is 11.3 Å². The van der Waals surface area contributed by atoms with E-state index in [9.17, 15) is 10.2 Å². The SMILES string of the molecule is CN(C)C1CC23CCC4(O2)C(=CCC2(C)C(c5ccc6cnccc6c5)=CCC24)CC3(F)C(O)C1O. The minimum atomic E-state index is -1.97. The van der Waals surface area contributed by atoms with E-state index < -0.39 is 29.1 Å². The number of aliphatic hydroxyl groups excluding tert-OH is 2. The van der Waals surface area contributed by atoms with Gasteiger partial charge in [-0.1, -0.05) is 31.2 Å². The van der Waals surface area contributed by atoms with E-state index in [1.807, 2.05) is 31.4 Å². The molecule has 1 aromatic heterocycles. The largest absolute Gasteiger partial charge is 0.389 e. The summed E-state index contributed by atoms with van der Waals surface area (Å²) in [5, 5.41) is 24.2. The third-order valence-electron chi connectivity index (χ3n) is 10.6. The average molecular weight is 491 g/mol. The second-order valence-electron chi connectivity index (χ2n) is 12.4. The van der Waals surface area contributed by atoms with E-state index in [1.165, 1.54) is 16.5 Å². The summed E-state index contributed by atoms with van der Waals surface area (Å²) in [5.41, 5.74) is -0.0918. The quantitative estimate of drug-likeness (QED) is 0.610. The molecule has 6 heteroatoms. The summed E-state index contributed by atoms with van der Waals surface area (Å²) >= 11 is 0. The van der Waals surface area contributed by atoms with Crippen LogP contribution in [0.1, 0.15) is 51.0 Å². The summed E-state index contributed by atoms with van der Waals surface area (Å²) in [6, 6.07) is 8.32. The number of benzene rings is 1. The minimum Gasteiger partial charge on any atom is -0.389 e.